The minimum atomic E-state index is -0.111. The number of hydrogen-bond donors (Lipinski definition) is 0. The quantitative estimate of drug-likeness (QED) is 0.576. The maximum Gasteiger partial charge on any atom is 0.161 e. The van der Waals surface area contributed by atoms with Gasteiger partial charge in [-0.2, -0.15) is 0 Å². The lowest BCUT2D eigenvalue weighted by Crippen LogP contribution is -2.35. The Balaban J connectivity index is 2.78. The van der Waals surface area contributed by atoms with Gasteiger partial charge < -0.3 is 0 Å². The largest absolute Gasteiger partial charge is 0.294 e. The highest BCUT2D eigenvalue weighted by Gasteiger charge is 2.38. The second-order valence-electron chi connectivity index (χ2n) is 4.13. The Bertz CT molecular complexity index is 195. The Morgan fingerprint density at radius 3 is 2.75 bits per heavy atom. The molecule has 0 aromatic rings. The van der Waals surface area contributed by atoms with E-state index in [0.29, 0.717) is 5.92 Å². The summed E-state index contributed by atoms with van der Waals surface area (Å²) in [4.78, 5) is 11.6. The maximum absolute atomic E-state index is 11.6. The summed E-state index contributed by atoms with van der Waals surface area (Å²) >= 11 is 0. The molecule has 0 radical (unpaired) electrons. The van der Waals surface area contributed by atoms with E-state index < -0.39 is 0 Å². The van der Waals surface area contributed by atoms with Crippen molar-refractivity contribution in [3.05, 3.63) is 12.7 Å². The average molecular weight is 166 g/mol. The summed E-state index contributed by atoms with van der Waals surface area (Å²) in [6.45, 7) is 7.83. The molecule has 68 valence electrons. The molecule has 0 heterocycles. The molecule has 12 heavy (non-hydrogen) atoms. The SMILES string of the molecule is C=CC(=O)C1(C)CCCCC1C. The van der Waals surface area contributed by atoms with Crippen LogP contribution < -0.4 is 0 Å². The van der Waals surface area contributed by atoms with Crippen LogP contribution in [0.15, 0.2) is 12.7 Å². The van der Waals surface area contributed by atoms with Crippen LogP contribution in [0.5, 0.6) is 0 Å². The van der Waals surface area contributed by atoms with E-state index in [2.05, 4.69) is 20.4 Å². The second kappa shape index (κ2) is 3.42. The van der Waals surface area contributed by atoms with Gasteiger partial charge in [0.05, 0.1) is 0 Å². The molecule has 0 N–H and O–H groups in total. The predicted molar refractivity (Wildman–Crippen MR) is 50.9 cm³/mol. The normalized spacial score (nSPS) is 36.0. The topological polar surface area (TPSA) is 17.1 Å². The molecule has 1 nitrogen and oxygen atoms in total. The summed E-state index contributed by atoms with van der Waals surface area (Å²) in [5.41, 5.74) is -0.111. The first-order chi connectivity index (χ1) is 5.61. The summed E-state index contributed by atoms with van der Waals surface area (Å²) in [7, 11) is 0. The Morgan fingerprint density at radius 2 is 2.25 bits per heavy atom. The van der Waals surface area contributed by atoms with Gasteiger partial charge in [0.2, 0.25) is 0 Å². The number of carbonyl (C=O) groups is 1. The van der Waals surface area contributed by atoms with Crippen LogP contribution in [0.25, 0.3) is 0 Å². The highest BCUT2D eigenvalue weighted by atomic mass is 16.1. The molecule has 1 heteroatoms. The fraction of sp³-hybridized carbons (Fsp3) is 0.727. The Labute approximate surface area is 74.9 Å². The second-order valence-corrected chi connectivity index (χ2v) is 4.13. The van der Waals surface area contributed by atoms with Crippen molar-refractivity contribution in [1.82, 2.24) is 0 Å². The Hall–Kier alpha value is -0.590. The Kier molecular flexibility index (Phi) is 2.71. The standard InChI is InChI=1S/C11H18O/c1-4-10(12)11(3)8-6-5-7-9(11)2/h4,9H,1,5-8H2,2-3H3. The van der Waals surface area contributed by atoms with Crippen molar-refractivity contribution in [2.75, 3.05) is 0 Å². The molecular formula is C11H18O. The van der Waals surface area contributed by atoms with E-state index in [1.54, 1.807) is 0 Å². The summed E-state index contributed by atoms with van der Waals surface area (Å²) in [6, 6.07) is 0. The van der Waals surface area contributed by atoms with Crippen LogP contribution in [-0.4, -0.2) is 5.78 Å². The van der Waals surface area contributed by atoms with Crippen molar-refractivity contribution >= 4 is 5.78 Å². The van der Waals surface area contributed by atoms with Crippen LogP contribution in [0, 0.1) is 11.3 Å². The van der Waals surface area contributed by atoms with Crippen LogP contribution in [0.2, 0.25) is 0 Å². The third-order valence-corrected chi connectivity index (χ3v) is 3.42. The molecule has 0 spiro atoms. The molecule has 1 aliphatic carbocycles. The van der Waals surface area contributed by atoms with Crippen LogP contribution in [-0.2, 0) is 4.79 Å². The summed E-state index contributed by atoms with van der Waals surface area (Å²) in [5, 5.41) is 0. The van der Waals surface area contributed by atoms with Gasteiger partial charge in [-0.1, -0.05) is 33.3 Å². The minimum absolute atomic E-state index is 0.111. The molecule has 2 unspecified atom stereocenters. The van der Waals surface area contributed by atoms with Gasteiger partial charge in [-0.3, -0.25) is 4.79 Å². The van der Waals surface area contributed by atoms with Gasteiger partial charge in [0.1, 0.15) is 0 Å². The molecule has 0 bridgehead atoms. The summed E-state index contributed by atoms with van der Waals surface area (Å²) < 4.78 is 0. The summed E-state index contributed by atoms with van der Waals surface area (Å²) in [6.07, 6.45) is 6.19. The molecule has 0 saturated heterocycles. The predicted octanol–water partition coefficient (Wildman–Crippen LogP) is 2.96. The molecule has 1 rings (SSSR count). The van der Waals surface area contributed by atoms with Crippen molar-refractivity contribution in [3.8, 4) is 0 Å². The van der Waals surface area contributed by atoms with E-state index in [1.165, 1.54) is 25.3 Å². The number of hydrogen-bond acceptors (Lipinski definition) is 1. The van der Waals surface area contributed by atoms with Crippen LogP contribution in [0.1, 0.15) is 39.5 Å². The number of rotatable bonds is 2. The lowest BCUT2D eigenvalue weighted by atomic mass is 9.66. The summed E-state index contributed by atoms with van der Waals surface area (Å²) in [5.74, 6) is 0.756. The maximum atomic E-state index is 11.6. The molecular weight excluding hydrogens is 148 g/mol. The van der Waals surface area contributed by atoms with Gasteiger partial charge in [-0.25, -0.2) is 0 Å². The number of carbonyl (C=O) groups excluding carboxylic acids is 1. The van der Waals surface area contributed by atoms with E-state index >= 15 is 0 Å². The van der Waals surface area contributed by atoms with Crippen molar-refractivity contribution in [3.63, 3.8) is 0 Å². The number of allylic oxidation sites excluding steroid dienone is 1. The zero-order valence-electron chi connectivity index (χ0n) is 8.10. The third-order valence-electron chi connectivity index (χ3n) is 3.42. The fourth-order valence-electron chi connectivity index (χ4n) is 2.11. The van der Waals surface area contributed by atoms with E-state index in [9.17, 15) is 4.79 Å². The van der Waals surface area contributed by atoms with E-state index in [4.69, 9.17) is 0 Å². The zero-order chi connectivity index (χ0) is 9.19. The lowest BCUT2D eigenvalue weighted by molar-refractivity contribution is -0.127. The lowest BCUT2D eigenvalue weighted by Gasteiger charge is -2.37. The van der Waals surface area contributed by atoms with Gasteiger partial charge >= 0.3 is 0 Å². The van der Waals surface area contributed by atoms with Crippen molar-refractivity contribution in [2.45, 2.75) is 39.5 Å². The van der Waals surface area contributed by atoms with Gasteiger partial charge in [-0.15, -0.1) is 0 Å². The molecule has 0 aromatic carbocycles. The van der Waals surface area contributed by atoms with Gasteiger partial charge in [-0.05, 0) is 24.8 Å². The first kappa shape index (κ1) is 9.50. The molecule has 1 saturated carbocycles. The fourth-order valence-corrected chi connectivity index (χ4v) is 2.11. The first-order valence-electron chi connectivity index (χ1n) is 4.78. The highest BCUT2D eigenvalue weighted by Crippen LogP contribution is 2.41. The van der Waals surface area contributed by atoms with E-state index in [-0.39, 0.29) is 11.2 Å². The molecule has 0 aromatic heterocycles. The minimum Gasteiger partial charge on any atom is -0.294 e. The van der Waals surface area contributed by atoms with Gasteiger partial charge in [0.25, 0.3) is 0 Å². The smallest absolute Gasteiger partial charge is 0.161 e. The Morgan fingerprint density at radius 1 is 1.58 bits per heavy atom. The van der Waals surface area contributed by atoms with Crippen LogP contribution in [0.4, 0.5) is 0 Å². The van der Waals surface area contributed by atoms with Gasteiger partial charge in [0.15, 0.2) is 5.78 Å². The monoisotopic (exact) mass is 166 g/mol. The van der Waals surface area contributed by atoms with Gasteiger partial charge in [0, 0.05) is 5.41 Å². The molecule has 0 amide bonds. The molecule has 0 aliphatic heterocycles. The third kappa shape index (κ3) is 1.45. The number of ketones is 1. The zero-order valence-corrected chi connectivity index (χ0v) is 8.10. The van der Waals surface area contributed by atoms with E-state index in [0.717, 1.165) is 6.42 Å². The van der Waals surface area contributed by atoms with Crippen LogP contribution in [0.3, 0.4) is 0 Å². The molecule has 2 atom stereocenters. The van der Waals surface area contributed by atoms with E-state index in [1.807, 2.05) is 0 Å². The van der Waals surface area contributed by atoms with Crippen molar-refractivity contribution in [2.24, 2.45) is 11.3 Å². The van der Waals surface area contributed by atoms with Crippen molar-refractivity contribution in [1.29, 1.82) is 0 Å². The van der Waals surface area contributed by atoms with Crippen molar-refractivity contribution < 1.29 is 4.79 Å². The average Bonchev–Trinajstić information content (AvgIpc) is 2.09. The van der Waals surface area contributed by atoms with Crippen LogP contribution >= 0.6 is 0 Å². The highest BCUT2D eigenvalue weighted by molar-refractivity contribution is 5.94. The molecule has 1 fully saturated rings. The first-order valence-corrected chi connectivity index (χ1v) is 4.78. The molecule has 1 aliphatic rings.